The van der Waals surface area contributed by atoms with Crippen molar-refractivity contribution in [2.24, 2.45) is 5.92 Å². The molecule has 1 unspecified atom stereocenters. The van der Waals surface area contributed by atoms with E-state index in [1.54, 1.807) is 0 Å². The standard InChI is InChI=1S/C8H15BO2.C3H8.Rh/c1-6(2)8-5-4-7(3)11-9(8)10;1-3-2;/h5-7,10H,4H2,1-3H3;3H2,1-2H3;. The van der Waals surface area contributed by atoms with Crippen molar-refractivity contribution in [3.8, 4) is 0 Å². The van der Waals surface area contributed by atoms with Crippen LogP contribution in [0, 0.1) is 5.92 Å². The molecule has 0 amide bonds. The summed E-state index contributed by atoms with van der Waals surface area (Å²) in [4.78, 5) is 0. The van der Waals surface area contributed by atoms with Crippen LogP contribution in [0.4, 0.5) is 0 Å². The molecule has 91 valence electrons. The van der Waals surface area contributed by atoms with Gasteiger partial charge in [-0.1, -0.05) is 40.2 Å². The molecule has 0 fully saturated rings. The molecule has 0 aromatic carbocycles. The molecule has 0 spiro atoms. The third kappa shape index (κ3) is 7.27. The van der Waals surface area contributed by atoms with Crippen molar-refractivity contribution in [2.45, 2.75) is 53.6 Å². The Bertz CT molecular complexity index is 183. The molecule has 1 heterocycles. The average molecular weight is 301 g/mol. The van der Waals surface area contributed by atoms with Gasteiger partial charge in [0.2, 0.25) is 0 Å². The van der Waals surface area contributed by atoms with Gasteiger partial charge >= 0.3 is 7.12 Å². The van der Waals surface area contributed by atoms with Crippen molar-refractivity contribution in [3.05, 3.63) is 11.5 Å². The Hall–Kier alpha value is 0.348. The van der Waals surface area contributed by atoms with Crippen LogP contribution in [-0.4, -0.2) is 18.2 Å². The fraction of sp³-hybridized carbons (Fsp3) is 0.818. The summed E-state index contributed by atoms with van der Waals surface area (Å²) in [6, 6.07) is 0. The first-order chi connectivity index (χ1) is 6.52. The maximum absolute atomic E-state index is 9.42. The normalized spacial score (nSPS) is 20.1. The van der Waals surface area contributed by atoms with Gasteiger partial charge in [-0.05, 0) is 24.7 Å². The van der Waals surface area contributed by atoms with Crippen LogP contribution in [0.3, 0.4) is 0 Å². The summed E-state index contributed by atoms with van der Waals surface area (Å²) in [6.45, 7) is 10.3. The smallest absolute Gasteiger partial charge is 0.423 e. The van der Waals surface area contributed by atoms with Gasteiger partial charge in [0.1, 0.15) is 0 Å². The zero-order chi connectivity index (χ0) is 11.1. The van der Waals surface area contributed by atoms with Gasteiger partial charge in [0.25, 0.3) is 0 Å². The molecule has 1 N–H and O–H groups in total. The van der Waals surface area contributed by atoms with Crippen molar-refractivity contribution in [2.75, 3.05) is 0 Å². The molecule has 1 rings (SSSR count). The first-order valence-corrected chi connectivity index (χ1v) is 5.56. The summed E-state index contributed by atoms with van der Waals surface area (Å²) in [7, 11) is -0.668. The van der Waals surface area contributed by atoms with E-state index >= 15 is 0 Å². The van der Waals surface area contributed by atoms with E-state index in [0.717, 1.165) is 11.9 Å². The van der Waals surface area contributed by atoms with Crippen LogP contribution in [0.1, 0.15) is 47.5 Å². The second kappa shape index (κ2) is 9.57. The van der Waals surface area contributed by atoms with Crippen LogP contribution in [0.5, 0.6) is 0 Å². The van der Waals surface area contributed by atoms with Crippen LogP contribution >= 0.6 is 0 Å². The molecule has 0 aromatic heterocycles. The third-order valence-electron chi connectivity index (χ3n) is 2.00. The minimum absolute atomic E-state index is 0. The predicted octanol–water partition coefficient (Wildman–Crippen LogP) is 2.81. The fourth-order valence-electron chi connectivity index (χ4n) is 1.28. The zero-order valence-electron chi connectivity index (χ0n) is 10.4. The molecule has 0 saturated heterocycles. The van der Waals surface area contributed by atoms with Gasteiger partial charge in [-0.15, -0.1) is 0 Å². The van der Waals surface area contributed by atoms with Crippen molar-refractivity contribution in [3.63, 3.8) is 0 Å². The molecule has 1 atom stereocenters. The van der Waals surface area contributed by atoms with Crippen molar-refractivity contribution < 1.29 is 29.2 Å². The van der Waals surface area contributed by atoms with Gasteiger partial charge in [-0.2, -0.15) is 0 Å². The summed E-state index contributed by atoms with van der Waals surface area (Å²) in [5.41, 5.74) is 1.02. The Labute approximate surface area is 107 Å². The molecule has 0 bridgehead atoms. The summed E-state index contributed by atoms with van der Waals surface area (Å²) in [6.07, 6.45) is 4.42. The van der Waals surface area contributed by atoms with E-state index in [2.05, 4.69) is 33.8 Å². The molecule has 15 heavy (non-hydrogen) atoms. The second-order valence-corrected chi connectivity index (χ2v) is 4.10. The molecule has 0 aliphatic carbocycles. The molecule has 0 aromatic rings. The quantitative estimate of drug-likeness (QED) is 0.755. The summed E-state index contributed by atoms with van der Waals surface area (Å²) < 4.78 is 5.25. The van der Waals surface area contributed by atoms with E-state index in [1.165, 1.54) is 6.42 Å². The maximum Gasteiger partial charge on any atom is 0.487 e. The Kier molecular flexibility index (Phi) is 11.3. The average Bonchev–Trinajstić information content (AvgIpc) is 2.04. The number of hydrogen-bond acceptors (Lipinski definition) is 2. The molecular weight excluding hydrogens is 278 g/mol. The SMILES string of the molecule is CC1CC=C(C(C)C)B(O)O1.CCC.[Rh]. The van der Waals surface area contributed by atoms with Crippen molar-refractivity contribution in [1.82, 2.24) is 0 Å². The molecule has 1 aliphatic rings. The van der Waals surface area contributed by atoms with E-state index in [4.69, 9.17) is 4.65 Å². The van der Waals surface area contributed by atoms with Crippen LogP contribution in [-0.2, 0) is 24.1 Å². The van der Waals surface area contributed by atoms with E-state index in [0.29, 0.717) is 5.92 Å². The molecule has 0 saturated carbocycles. The fourth-order valence-corrected chi connectivity index (χ4v) is 1.28. The maximum atomic E-state index is 9.42. The molecule has 4 heteroatoms. The Morgan fingerprint density at radius 1 is 1.53 bits per heavy atom. The molecule has 1 radical (unpaired) electrons. The van der Waals surface area contributed by atoms with Crippen molar-refractivity contribution >= 4 is 7.12 Å². The summed E-state index contributed by atoms with van der Waals surface area (Å²) in [5.74, 6) is 0.387. The van der Waals surface area contributed by atoms with E-state index in [9.17, 15) is 5.02 Å². The van der Waals surface area contributed by atoms with Gasteiger partial charge in [0.15, 0.2) is 0 Å². The van der Waals surface area contributed by atoms with Crippen LogP contribution < -0.4 is 0 Å². The Morgan fingerprint density at radius 3 is 2.33 bits per heavy atom. The van der Waals surface area contributed by atoms with Gasteiger partial charge in [0, 0.05) is 25.6 Å². The second-order valence-electron chi connectivity index (χ2n) is 4.10. The number of allylic oxidation sites excluding steroid dienone is 1. The molecular formula is C11H23BO2Rh. The topological polar surface area (TPSA) is 29.5 Å². The summed E-state index contributed by atoms with van der Waals surface area (Å²) >= 11 is 0. The number of hydrogen-bond donors (Lipinski definition) is 1. The Balaban J connectivity index is 0. The van der Waals surface area contributed by atoms with Crippen LogP contribution in [0.2, 0.25) is 0 Å². The minimum atomic E-state index is -0.668. The minimum Gasteiger partial charge on any atom is -0.423 e. The van der Waals surface area contributed by atoms with Gasteiger partial charge in [0.05, 0.1) is 0 Å². The van der Waals surface area contributed by atoms with Gasteiger partial charge in [-0.25, -0.2) is 0 Å². The van der Waals surface area contributed by atoms with Gasteiger partial charge in [-0.3, -0.25) is 0 Å². The van der Waals surface area contributed by atoms with E-state index < -0.39 is 7.12 Å². The monoisotopic (exact) mass is 301 g/mol. The first-order valence-electron chi connectivity index (χ1n) is 5.56. The number of rotatable bonds is 1. The van der Waals surface area contributed by atoms with Crippen LogP contribution in [0.25, 0.3) is 0 Å². The largest absolute Gasteiger partial charge is 0.487 e. The third-order valence-corrected chi connectivity index (χ3v) is 2.00. The van der Waals surface area contributed by atoms with E-state index in [1.807, 2.05) is 6.92 Å². The summed E-state index contributed by atoms with van der Waals surface area (Å²) in [5, 5.41) is 9.42. The van der Waals surface area contributed by atoms with Gasteiger partial charge < -0.3 is 9.68 Å². The van der Waals surface area contributed by atoms with Crippen LogP contribution in [0.15, 0.2) is 11.5 Å². The Morgan fingerprint density at radius 2 is 2.00 bits per heavy atom. The predicted molar refractivity (Wildman–Crippen MR) is 62.0 cm³/mol. The van der Waals surface area contributed by atoms with Crippen molar-refractivity contribution in [1.29, 1.82) is 0 Å². The zero-order valence-corrected chi connectivity index (χ0v) is 12.1. The molecule has 2 nitrogen and oxygen atoms in total. The van der Waals surface area contributed by atoms with E-state index in [-0.39, 0.29) is 25.6 Å². The first kappa shape index (κ1) is 17.7. The molecule has 1 aliphatic heterocycles.